The van der Waals surface area contributed by atoms with Crippen LogP contribution < -0.4 is 12.4 Å². The normalized spacial score (nSPS) is 8.33. The molecule has 0 saturated heterocycles. The molecule has 0 aliphatic heterocycles. The van der Waals surface area contributed by atoms with Crippen molar-refractivity contribution in [2.24, 2.45) is 0 Å². The predicted octanol–water partition coefficient (Wildman–Crippen LogP) is -0.737. The number of benzene rings is 2. The summed E-state index contributed by atoms with van der Waals surface area (Å²) >= 11 is 0. The van der Waals surface area contributed by atoms with E-state index in [1.807, 2.05) is 24.3 Å². The second-order valence-electron chi connectivity index (χ2n) is 2.27. The molecule has 2 heteroatoms. The van der Waals surface area contributed by atoms with Crippen molar-refractivity contribution < 1.29 is 12.4 Å². The van der Waals surface area contributed by atoms with E-state index in [1.54, 1.807) is 0 Å². The zero-order valence-electron chi connectivity index (χ0n) is 6.63. The van der Waals surface area contributed by atoms with Crippen LogP contribution in [-0.2, 0) is 0 Å². The number of halogens is 1. The van der Waals surface area contributed by atoms with E-state index in [1.165, 1.54) is 10.8 Å². The summed E-state index contributed by atoms with van der Waals surface area (Å²) in [6.45, 7) is 0. The van der Waals surface area contributed by atoms with Crippen LogP contribution in [-0.4, -0.2) is 23.1 Å². The van der Waals surface area contributed by atoms with Gasteiger partial charge in [-0.05, 0) is 0 Å². The van der Waals surface area contributed by atoms with Crippen molar-refractivity contribution in [2.45, 2.75) is 0 Å². The van der Waals surface area contributed by atoms with E-state index in [0.717, 1.165) is 0 Å². The van der Waals surface area contributed by atoms with Crippen LogP contribution in [0.2, 0.25) is 0 Å². The monoisotopic (exact) mass is 186 g/mol. The van der Waals surface area contributed by atoms with Gasteiger partial charge in [-0.2, -0.15) is 24.3 Å². The van der Waals surface area contributed by atoms with Crippen molar-refractivity contribution >= 4 is 33.8 Å². The Morgan fingerprint density at radius 1 is 0.917 bits per heavy atom. The van der Waals surface area contributed by atoms with E-state index in [9.17, 15) is 0 Å². The van der Waals surface area contributed by atoms with Gasteiger partial charge in [0.2, 0.25) is 0 Å². The molecule has 0 amide bonds. The van der Waals surface area contributed by atoms with Crippen molar-refractivity contribution in [1.29, 1.82) is 0 Å². The van der Waals surface area contributed by atoms with Gasteiger partial charge in [-0.25, -0.2) is 0 Å². The maximum atomic E-state index is 3.04. The molecular weight excluding hydrogens is 180 g/mol. The second-order valence-corrected chi connectivity index (χ2v) is 2.27. The fourth-order valence-electron chi connectivity index (χ4n) is 1.07. The molecule has 0 aliphatic rings. The van der Waals surface area contributed by atoms with E-state index in [-0.39, 0.29) is 35.5 Å². The molecule has 2 aromatic carbocycles. The Labute approximate surface area is 94.5 Å². The van der Waals surface area contributed by atoms with Gasteiger partial charge in [0, 0.05) is 0 Å². The van der Waals surface area contributed by atoms with Crippen LogP contribution in [0.1, 0.15) is 0 Å². The third-order valence-electron chi connectivity index (χ3n) is 1.59. The summed E-state index contributed by atoms with van der Waals surface area (Å²) in [6, 6.07) is 17.3. The second kappa shape index (κ2) is 5.41. The molecular formula is C10H7ClMg. The minimum atomic E-state index is 0. The molecule has 2 rings (SSSR count). The van der Waals surface area contributed by atoms with Gasteiger partial charge in [-0.3, -0.25) is 0 Å². The fraction of sp³-hybridized carbons (Fsp3) is 0. The molecule has 12 heavy (non-hydrogen) atoms. The van der Waals surface area contributed by atoms with E-state index in [2.05, 4.69) is 24.3 Å². The first-order valence-electron chi connectivity index (χ1n) is 3.32. The topological polar surface area (TPSA) is 0 Å². The molecule has 0 fully saturated rings. The SMILES string of the molecule is [Cl-].[Mg+2].[c-]1ccc2ccccc2c1. The van der Waals surface area contributed by atoms with Gasteiger partial charge < -0.3 is 12.4 Å². The smallest absolute Gasteiger partial charge is 1.00 e. The Morgan fingerprint density at radius 3 is 2.25 bits per heavy atom. The standard InChI is InChI=1S/C10H7.ClH.Mg/c1-2-6-10-8-4-3-7-9(10)5-1;;/h1-3,5-8H;1H;/q-1;;+2/p-1. The van der Waals surface area contributed by atoms with Crippen molar-refractivity contribution in [3.8, 4) is 0 Å². The van der Waals surface area contributed by atoms with Gasteiger partial charge in [-0.1, -0.05) is 18.2 Å². The maximum Gasteiger partial charge on any atom is 2.00 e. The summed E-state index contributed by atoms with van der Waals surface area (Å²) in [7, 11) is 0. The summed E-state index contributed by atoms with van der Waals surface area (Å²) in [5.41, 5.74) is 0. The van der Waals surface area contributed by atoms with Crippen LogP contribution in [0.15, 0.2) is 42.5 Å². The first-order chi connectivity index (χ1) is 4.97. The Morgan fingerprint density at radius 2 is 1.58 bits per heavy atom. The molecule has 0 aliphatic carbocycles. The molecule has 0 unspecified atom stereocenters. The molecule has 0 spiro atoms. The van der Waals surface area contributed by atoms with Crippen molar-refractivity contribution in [1.82, 2.24) is 0 Å². The first kappa shape index (κ1) is 11.8. The van der Waals surface area contributed by atoms with Gasteiger partial charge in [0.1, 0.15) is 0 Å². The minimum Gasteiger partial charge on any atom is -1.00 e. The quantitative estimate of drug-likeness (QED) is 0.376. The third-order valence-corrected chi connectivity index (χ3v) is 1.59. The van der Waals surface area contributed by atoms with E-state index >= 15 is 0 Å². The van der Waals surface area contributed by atoms with Crippen molar-refractivity contribution in [3.05, 3.63) is 48.5 Å². The van der Waals surface area contributed by atoms with E-state index in [0.29, 0.717) is 0 Å². The van der Waals surface area contributed by atoms with Gasteiger partial charge in [-0.15, -0.1) is 16.8 Å². The number of hydrogen-bond acceptors (Lipinski definition) is 0. The average molecular weight is 187 g/mol. The molecule has 0 radical (unpaired) electrons. The van der Waals surface area contributed by atoms with Crippen molar-refractivity contribution in [2.75, 3.05) is 0 Å². The molecule has 0 aromatic heterocycles. The van der Waals surface area contributed by atoms with Gasteiger partial charge in [0.25, 0.3) is 0 Å². The summed E-state index contributed by atoms with van der Waals surface area (Å²) in [5, 5.41) is 2.53. The largest absolute Gasteiger partial charge is 2.00 e. The zero-order valence-corrected chi connectivity index (χ0v) is 8.80. The predicted molar refractivity (Wildman–Crippen MR) is 48.5 cm³/mol. The Balaban J connectivity index is 0.000000605. The molecule has 56 valence electrons. The molecule has 0 nitrogen and oxygen atoms in total. The van der Waals surface area contributed by atoms with Gasteiger partial charge in [0.15, 0.2) is 0 Å². The van der Waals surface area contributed by atoms with Crippen LogP contribution in [0.3, 0.4) is 0 Å². The van der Waals surface area contributed by atoms with Crippen LogP contribution in [0, 0.1) is 6.07 Å². The zero-order chi connectivity index (χ0) is 6.81. The summed E-state index contributed by atoms with van der Waals surface area (Å²) < 4.78 is 0. The molecule has 0 N–H and O–H groups in total. The Kier molecular flexibility index (Phi) is 5.30. The van der Waals surface area contributed by atoms with Crippen LogP contribution in [0.25, 0.3) is 10.8 Å². The summed E-state index contributed by atoms with van der Waals surface area (Å²) in [5.74, 6) is 0. The Bertz CT molecular complexity index is 281. The van der Waals surface area contributed by atoms with Crippen LogP contribution >= 0.6 is 0 Å². The number of hydrogen-bond donors (Lipinski definition) is 0. The minimum absolute atomic E-state index is 0. The van der Waals surface area contributed by atoms with Crippen LogP contribution in [0.4, 0.5) is 0 Å². The number of fused-ring (bicyclic) bond motifs is 1. The van der Waals surface area contributed by atoms with Crippen LogP contribution in [0.5, 0.6) is 0 Å². The summed E-state index contributed by atoms with van der Waals surface area (Å²) in [6.07, 6.45) is 0. The molecule has 0 bridgehead atoms. The molecule has 0 atom stereocenters. The molecule has 0 heterocycles. The molecule has 2 aromatic rings. The first-order valence-corrected chi connectivity index (χ1v) is 3.32. The molecule has 0 saturated carbocycles. The van der Waals surface area contributed by atoms with Gasteiger partial charge >= 0.3 is 23.1 Å². The summed E-state index contributed by atoms with van der Waals surface area (Å²) in [4.78, 5) is 0. The maximum absolute atomic E-state index is 3.04. The van der Waals surface area contributed by atoms with E-state index in [4.69, 9.17) is 0 Å². The van der Waals surface area contributed by atoms with E-state index < -0.39 is 0 Å². The fourth-order valence-corrected chi connectivity index (χ4v) is 1.07. The number of rotatable bonds is 0. The average Bonchev–Trinajstić information content (AvgIpc) is 2.05. The Hall–Kier alpha value is -0.244. The van der Waals surface area contributed by atoms with Crippen molar-refractivity contribution in [3.63, 3.8) is 0 Å². The van der Waals surface area contributed by atoms with Gasteiger partial charge in [0.05, 0.1) is 0 Å². The third kappa shape index (κ3) is 2.37.